The maximum absolute atomic E-state index is 4.37. The van der Waals surface area contributed by atoms with Crippen molar-refractivity contribution in [2.45, 2.75) is 25.8 Å². The smallest absolute Gasteiger partial charge is 0.110 e. The van der Waals surface area contributed by atoms with E-state index >= 15 is 0 Å². The average Bonchev–Trinajstić information content (AvgIpc) is 2.02. The van der Waals surface area contributed by atoms with Gasteiger partial charge in [-0.15, -0.1) is 11.8 Å². The lowest BCUT2D eigenvalue weighted by molar-refractivity contribution is 0.749. The van der Waals surface area contributed by atoms with E-state index < -0.39 is 0 Å². The Balaban J connectivity index is 2.67. The molecule has 0 N–H and O–H groups in total. The zero-order valence-electron chi connectivity index (χ0n) is 8.17. The average molecular weight is 260 g/mol. The highest BCUT2D eigenvalue weighted by atomic mass is 79.9. The Morgan fingerprint density at radius 1 is 1.54 bits per heavy atom. The monoisotopic (exact) mass is 259 g/mol. The van der Waals surface area contributed by atoms with E-state index in [9.17, 15) is 0 Å². The van der Waals surface area contributed by atoms with Gasteiger partial charge in [-0.25, -0.2) is 4.98 Å². The molecule has 0 radical (unpaired) electrons. The van der Waals surface area contributed by atoms with Gasteiger partial charge in [0.2, 0.25) is 0 Å². The molecule has 0 aliphatic rings. The van der Waals surface area contributed by atoms with E-state index in [-0.39, 0.29) is 0 Å². The summed E-state index contributed by atoms with van der Waals surface area (Å²) in [4.78, 5) is 4.37. The lowest BCUT2D eigenvalue weighted by Gasteiger charge is -2.05. The summed E-state index contributed by atoms with van der Waals surface area (Å²) >= 11 is 5.32. The quantitative estimate of drug-likeness (QED) is 0.764. The fourth-order valence-corrected chi connectivity index (χ4v) is 2.49. The summed E-state index contributed by atoms with van der Waals surface area (Å²) in [5.41, 5.74) is 1.20. The molecule has 0 amide bonds. The van der Waals surface area contributed by atoms with E-state index in [0.29, 0.717) is 5.92 Å². The number of aryl methyl sites for hydroxylation is 1. The summed E-state index contributed by atoms with van der Waals surface area (Å²) in [5, 5.41) is 1.10. The van der Waals surface area contributed by atoms with Crippen molar-refractivity contribution in [2.24, 2.45) is 5.92 Å². The molecule has 0 spiro atoms. The van der Waals surface area contributed by atoms with Crippen molar-refractivity contribution in [1.82, 2.24) is 4.98 Å². The summed E-state index contributed by atoms with van der Waals surface area (Å²) < 4.78 is 1.11. The van der Waals surface area contributed by atoms with Crippen molar-refractivity contribution < 1.29 is 0 Å². The van der Waals surface area contributed by atoms with Gasteiger partial charge in [-0.05, 0) is 40.4 Å². The Hall–Kier alpha value is -0.0200. The fourth-order valence-electron chi connectivity index (χ4n) is 0.873. The van der Waals surface area contributed by atoms with E-state index in [2.05, 4.69) is 47.8 Å². The molecule has 1 aromatic heterocycles. The number of halogens is 1. The van der Waals surface area contributed by atoms with Crippen LogP contribution in [0.5, 0.6) is 0 Å². The second-order valence-electron chi connectivity index (χ2n) is 3.50. The lowest BCUT2D eigenvalue weighted by atomic mass is 10.3. The minimum atomic E-state index is 0.708. The van der Waals surface area contributed by atoms with Crippen molar-refractivity contribution in [3.8, 4) is 0 Å². The third kappa shape index (κ3) is 3.69. The number of hydrogen-bond donors (Lipinski definition) is 0. The van der Waals surface area contributed by atoms with E-state index in [1.807, 2.05) is 6.20 Å². The van der Waals surface area contributed by atoms with Crippen molar-refractivity contribution in [2.75, 3.05) is 5.75 Å². The number of pyridine rings is 1. The Labute approximate surface area is 92.5 Å². The van der Waals surface area contributed by atoms with Gasteiger partial charge in [0.15, 0.2) is 0 Å². The van der Waals surface area contributed by atoms with Crippen LogP contribution in [-0.2, 0) is 0 Å². The molecule has 3 heteroatoms. The predicted molar refractivity (Wildman–Crippen MR) is 62.2 cm³/mol. The number of aromatic nitrogens is 1. The van der Waals surface area contributed by atoms with Gasteiger partial charge in [0.05, 0.1) is 4.47 Å². The number of hydrogen-bond acceptors (Lipinski definition) is 2. The van der Waals surface area contributed by atoms with E-state index in [4.69, 9.17) is 0 Å². The molecule has 0 saturated heterocycles. The first-order valence-corrected chi connectivity index (χ1v) is 6.12. The van der Waals surface area contributed by atoms with Gasteiger partial charge in [0, 0.05) is 11.9 Å². The molecule has 13 heavy (non-hydrogen) atoms. The second kappa shape index (κ2) is 5.01. The van der Waals surface area contributed by atoms with Crippen LogP contribution in [0.1, 0.15) is 19.4 Å². The van der Waals surface area contributed by atoms with Crippen LogP contribution in [0.4, 0.5) is 0 Å². The third-order valence-electron chi connectivity index (χ3n) is 1.50. The highest BCUT2D eigenvalue weighted by molar-refractivity contribution is 9.10. The number of nitrogens with zero attached hydrogens (tertiary/aromatic N) is 1. The molecule has 1 heterocycles. The molecule has 0 aromatic carbocycles. The highest BCUT2D eigenvalue weighted by Gasteiger charge is 2.03. The molecule has 0 aliphatic heterocycles. The first kappa shape index (κ1) is 11.1. The van der Waals surface area contributed by atoms with Crippen molar-refractivity contribution in [1.29, 1.82) is 0 Å². The molecule has 72 valence electrons. The van der Waals surface area contributed by atoms with Gasteiger partial charge in [0.25, 0.3) is 0 Å². The molecular formula is C10H14BrNS. The van der Waals surface area contributed by atoms with Crippen molar-refractivity contribution >= 4 is 27.7 Å². The minimum Gasteiger partial charge on any atom is -0.248 e. The topological polar surface area (TPSA) is 12.9 Å². The van der Waals surface area contributed by atoms with Gasteiger partial charge >= 0.3 is 0 Å². The van der Waals surface area contributed by atoms with Crippen LogP contribution in [0.2, 0.25) is 0 Å². The Bertz CT molecular complexity index is 286. The molecular weight excluding hydrogens is 246 g/mol. The minimum absolute atomic E-state index is 0.708. The van der Waals surface area contributed by atoms with Crippen molar-refractivity contribution in [3.63, 3.8) is 0 Å². The maximum Gasteiger partial charge on any atom is 0.110 e. The van der Waals surface area contributed by atoms with E-state index in [1.54, 1.807) is 11.8 Å². The third-order valence-corrected chi connectivity index (χ3v) is 3.80. The summed E-state index contributed by atoms with van der Waals surface area (Å²) in [7, 11) is 0. The van der Waals surface area contributed by atoms with Crippen LogP contribution in [0, 0.1) is 12.8 Å². The van der Waals surface area contributed by atoms with Crippen LogP contribution < -0.4 is 0 Å². The summed E-state index contributed by atoms with van der Waals surface area (Å²) in [6.45, 7) is 6.48. The van der Waals surface area contributed by atoms with Crippen LogP contribution in [-0.4, -0.2) is 10.7 Å². The fraction of sp³-hybridized carbons (Fsp3) is 0.500. The van der Waals surface area contributed by atoms with E-state index in [1.165, 1.54) is 5.56 Å². The summed E-state index contributed by atoms with van der Waals surface area (Å²) in [6.07, 6.45) is 1.91. The predicted octanol–water partition coefficient (Wildman–Crippen LogP) is 3.90. The Morgan fingerprint density at radius 3 is 2.77 bits per heavy atom. The van der Waals surface area contributed by atoms with Crippen molar-refractivity contribution in [3.05, 3.63) is 22.3 Å². The van der Waals surface area contributed by atoms with Crippen LogP contribution in [0.3, 0.4) is 0 Å². The highest BCUT2D eigenvalue weighted by Crippen LogP contribution is 2.27. The van der Waals surface area contributed by atoms with Crippen LogP contribution >= 0.6 is 27.7 Å². The first-order chi connectivity index (χ1) is 6.09. The zero-order valence-corrected chi connectivity index (χ0v) is 10.6. The van der Waals surface area contributed by atoms with Crippen LogP contribution in [0.25, 0.3) is 0 Å². The summed E-state index contributed by atoms with van der Waals surface area (Å²) in [5.74, 6) is 1.83. The molecule has 0 aliphatic carbocycles. The molecule has 1 nitrogen and oxygen atoms in total. The lowest BCUT2D eigenvalue weighted by Crippen LogP contribution is -1.92. The van der Waals surface area contributed by atoms with Gasteiger partial charge in [0.1, 0.15) is 5.03 Å². The molecule has 0 saturated carbocycles. The number of thioether (sulfide) groups is 1. The molecule has 1 rings (SSSR count). The maximum atomic E-state index is 4.37. The van der Waals surface area contributed by atoms with Gasteiger partial charge in [-0.3, -0.25) is 0 Å². The largest absolute Gasteiger partial charge is 0.248 e. The molecule has 0 unspecified atom stereocenters. The molecule has 0 bridgehead atoms. The van der Waals surface area contributed by atoms with Gasteiger partial charge in [-0.1, -0.05) is 13.8 Å². The Kier molecular flexibility index (Phi) is 4.26. The Morgan fingerprint density at radius 2 is 2.23 bits per heavy atom. The zero-order chi connectivity index (χ0) is 9.84. The molecule has 1 aromatic rings. The van der Waals surface area contributed by atoms with E-state index in [0.717, 1.165) is 15.3 Å². The normalized spacial score (nSPS) is 10.8. The SMILES string of the molecule is Cc1cnc(SCC(C)C)c(Br)c1. The van der Waals surface area contributed by atoms with Crippen LogP contribution in [0.15, 0.2) is 21.8 Å². The molecule has 0 atom stereocenters. The second-order valence-corrected chi connectivity index (χ2v) is 5.37. The van der Waals surface area contributed by atoms with Gasteiger partial charge in [-0.2, -0.15) is 0 Å². The van der Waals surface area contributed by atoms with Gasteiger partial charge < -0.3 is 0 Å². The first-order valence-electron chi connectivity index (χ1n) is 4.34. The molecule has 0 fully saturated rings. The summed E-state index contributed by atoms with van der Waals surface area (Å²) in [6, 6.07) is 2.11. The standard InChI is InChI=1S/C10H14BrNS/c1-7(2)6-13-10-9(11)4-8(3)5-12-10/h4-5,7H,6H2,1-3H3. The number of rotatable bonds is 3.